The summed E-state index contributed by atoms with van der Waals surface area (Å²) in [7, 11) is 1.59. The number of carbonyl (C=O) groups is 8. The fourth-order valence-corrected chi connectivity index (χ4v) is 19.7. The predicted molar refractivity (Wildman–Crippen MR) is 579 cm³/mol. The van der Waals surface area contributed by atoms with E-state index in [4.69, 9.17) is 24.5 Å². The van der Waals surface area contributed by atoms with Crippen molar-refractivity contribution >= 4 is 93.5 Å². The van der Waals surface area contributed by atoms with Crippen LogP contribution in [0, 0.1) is 50.9 Å². The molecule has 2 saturated heterocycles. The number of benzene rings is 5. The standard InChI is InChI=1S/C27H37N3O.C24H32N2O3.C23H29N3O2.C22H26N2O4.C21H22N2O3.C2HF3O.ClH/c1-19-18-28-25(29-19)24(31)16-21-8-9-22(27(4,5)30-14-6-7-15-30)17-23(21)20-10-12-26(2,3)13-11-20;1-16-14-25-23(26-16)22(28)13-19-6-5-17(11-20(27)15-29-4)12-21(19)18-7-9-24(2,3)10-8-18;1-17-15-24-23(25-17)22(27)14-20-8-7-18(16-26-9-11-28-12-10-26)13-21(20)19-5-3-2-4-6-19;1-13-12-23-20(24-13)18(25)11-15-4-5-16(19(26)21(27)28)10-17(15)14-6-8-22(2,3)9-7-14;1-14-13-22-21(23-14)19(24)12-17-9-7-15(8-10-20(25)26)11-18(17)16-5-3-2-4-6-16;3-2(4,5)1-6;/h8-10,17-18H,6-7,11-16H2,1-5H3,(H,28,29);5-7,12,14,20,27H,8-11,13,15H2,1-4H3,(H,25,26);5,7-8,13,15H,2-4,6,9-12,14,16H2,1H3,(H,24,25);4-6,10,12,19,26H,7-9,11H2,1-3H3,(H,23,24)(H,27,28);5,7-11,13H,2-4,6,12H2,1H3,(H,22,23)(H,25,26);1H;1H/b;;;;10-8+;;. The number of aliphatic carboxylic acids is 2. The number of carboxylic acid groups (broad SMARTS) is 2. The molecule has 26 nitrogen and oxygen atoms in total. The molecule has 7 aliphatic rings. The number of carbonyl (C=O) groups excluding carboxylic acids is 6. The quantitative estimate of drug-likeness (QED) is 0.0107. The maximum Gasteiger partial charge on any atom is 0.446 e. The lowest BCUT2D eigenvalue weighted by Crippen LogP contribution is -2.39. The number of rotatable bonds is 32. The van der Waals surface area contributed by atoms with Gasteiger partial charge in [-0.05, 0) is 341 Å². The zero-order valence-corrected chi connectivity index (χ0v) is 89.5. The molecule has 2 unspecified atom stereocenters. The number of aromatic nitrogens is 10. The Hall–Kier alpha value is -12.6. The molecule has 30 heteroatoms. The van der Waals surface area contributed by atoms with Crippen molar-refractivity contribution in [3.05, 3.63) is 299 Å². The first kappa shape index (κ1) is 117. The molecule has 5 aromatic carbocycles. The molecule has 0 bridgehead atoms. The van der Waals surface area contributed by atoms with Crippen LogP contribution in [0.25, 0.3) is 33.9 Å². The molecule has 0 spiro atoms. The first-order chi connectivity index (χ1) is 70.4. The number of morpholine rings is 1. The van der Waals surface area contributed by atoms with Crippen molar-refractivity contribution < 1.29 is 81.4 Å². The van der Waals surface area contributed by atoms with Crippen molar-refractivity contribution in [2.45, 2.75) is 281 Å². The molecule has 0 saturated carbocycles. The van der Waals surface area contributed by atoms with Crippen LogP contribution in [0.5, 0.6) is 0 Å². The summed E-state index contributed by atoms with van der Waals surface area (Å²) in [6, 6.07) is 30.4. The van der Waals surface area contributed by atoms with Gasteiger partial charge in [0.05, 0.1) is 25.9 Å². The Bertz CT molecular complexity index is 6530. The number of carboxylic acids is 2. The normalized spacial score (nSPS) is 16.9. The second kappa shape index (κ2) is 53.7. The van der Waals surface area contributed by atoms with Gasteiger partial charge in [0.15, 0.2) is 35.2 Å². The lowest BCUT2D eigenvalue weighted by atomic mass is 9.75. The Balaban J connectivity index is 0.000000174. The molecule has 0 amide bonds. The molecule has 149 heavy (non-hydrogen) atoms. The van der Waals surface area contributed by atoms with E-state index in [1.165, 1.54) is 83.1 Å². The number of Topliss-reactive ketones (excluding diaryl/α,β-unsaturated/α-hetero) is 5. The van der Waals surface area contributed by atoms with Crippen molar-refractivity contribution in [1.29, 1.82) is 0 Å². The number of aliphatic hydroxyl groups is 2. The number of methoxy groups -OCH3 is 1. The number of hydrogen-bond donors (Lipinski definition) is 9. The molecule has 2 aliphatic heterocycles. The highest BCUT2D eigenvalue weighted by molar-refractivity contribution is 5.98. The summed E-state index contributed by atoms with van der Waals surface area (Å²) >= 11 is 0. The molecule has 0 radical (unpaired) electrons. The Morgan fingerprint density at radius 2 is 0.819 bits per heavy atom. The van der Waals surface area contributed by atoms with Crippen molar-refractivity contribution in [2.24, 2.45) is 16.2 Å². The largest absolute Gasteiger partial charge is 0.479 e. The van der Waals surface area contributed by atoms with Gasteiger partial charge in [0.1, 0.15) is 0 Å². The van der Waals surface area contributed by atoms with Crippen LogP contribution in [0.1, 0.15) is 349 Å². The molecular weight excluding hydrogens is 1910 g/mol. The SMILES string of the molecule is COCC(O)Cc1ccc(CC(=O)c2ncc(C)[nH]2)c(C2=CCC(C)(C)CC2)c1.Cc1cnc(C(=O)Cc2ccc(/C=C/C(=O)O)cc2C2=CCCCC2)[nH]1.Cc1cnc(C(=O)Cc2ccc(C(C)(C)N3CCCC3)cc2C2=CCC(C)(C)CC2)[nH]1.Cc1cnc(C(=O)Cc2ccc(C(O)C(=O)O)cc2C2=CCC(C)(C)CC2)[nH]1.Cc1cnc(C(=O)Cc2ccc(CN3CCOCC3)cc2C2=CCCCC2)[nH]1.Cl.O=CC(F)(F)F. The number of aryl methyl sites for hydroxylation is 5. The van der Waals surface area contributed by atoms with Gasteiger partial charge in [-0.3, -0.25) is 38.6 Å². The Morgan fingerprint density at radius 1 is 0.463 bits per heavy atom. The number of imidazole rings is 5. The third-order valence-corrected chi connectivity index (χ3v) is 28.6. The van der Waals surface area contributed by atoms with E-state index in [9.17, 15) is 56.9 Å². The van der Waals surface area contributed by atoms with Crippen LogP contribution >= 0.6 is 12.4 Å². The number of ketones is 5. The molecule has 17 rings (SSSR count). The highest BCUT2D eigenvalue weighted by Gasteiger charge is 2.35. The van der Waals surface area contributed by atoms with Gasteiger partial charge >= 0.3 is 18.1 Å². The van der Waals surface area contributed by atoms with Crippen LogP contribution in [-0.2, 0) is 74.5 Å². The molecule has 5 aliphatic carbocycles. The summed E-state index contributed by atoms with van der Waals surface area (Å²) in [5.74, 6) is -0.336. The average molecular weight is 2060 g/mol. The van der Waals surface area contributed by atoms with Crippen LogP contribution in [0.3, 0.4) is 0 Å². The maximum atomic E-state index is 12.9. The van der Waals surface area contributed by atoms with E-state index < -0.39 is 36.6 Å². The lowest BCUT2D eigenvalue weighted by molar-refractivity contribution is -0.156. The van der Waals surface area contributed by atoms with Gasteiger partial charge in [0.2, 0.25) is 35.2 Å². The van der Waals surface area contributed by atoms with Gasteiger partial charge in [-0.15, -0.1) is 12.4 Å². The second-order valence-electron chi connectivity index (χ2n) is 43.0. The monoisotopic (exact) mass is 2060 g/mol. The molecule has 7 heterocycles. The number of aldehydes is 1. The highest BCUT2D eigenvalue weighted by Crippen LogP contribution is 2.45. The molecule has 2 atom stereocenters. The van der Waals surface area contributed by atoms with E-state index in [-0.39, 0.29) is 65.1 Å². The first-order valence-corrected chi connectivity index (χ1v) is 51.8. The number of nitrogens with zero attached hydrogens (tertiary/aromatic N) is 7. The smallest absolute Gasteiger partial charge is 0.446 e. The number of halogens is 4. The van der Waals surface area contributed by atoms with E-state index in [0.717, 1.165) is 225 Å². The number of hydrogen-bond acceptors (Lipinski definition) is 19. The Kier molecular flexibility index (Phi) is 42.0. The third-order valence-electron chi connectivity index (χ3n) is 28.6. The van der Waals surface area contributed by atoms with Crippen molar-refractivity contribution in [1.82, 2.24) is 59.6 Å². The summed E-state index contributed by atoms with van der Waals surface area (Å²) < 4.78 is 41.8. The molecule has 796 valence electrons. The summed E-state index contributed by atoms with van der Waals surface area (Å²) in [5, 5.41) is 38.1. The van der Waals surface area contributed by atoms with E-state index >= 15 is 0 Å². The van der Waals surface area contributed by atoms with Crippen molar-refractivity contribution in [3.8, 4) is 0 Å². The second-order valence-corrected chi connectivity index (χ2v) is 43.0. The first-order valence-electron chi connectivity index (χ1n) is 51.8. The van der Waals surface area contributed by atoms with E-state index in [1.54, 1.807) is 62.4 Å². The van der Waals surface area contributed by atoms with E-state index in [0.29, 0.717) is 77.8 Å². The molecule has 9 N–H and O–H groups in total. The van der Waals surface area contributed by atoms with E-state index in [2.05, 4.69) is 188 Å². The Morgan fingerprint density at radius 3 is 1.17 bits per heavy atom. The minimum atomic E-state index is -4.64. The maximum absolute atomic E-state index is 12.9. The molecule has 10 aromatic rings. The van der Waals surface area contributed by atoms with Crippen LogP contribution in [0.4, 0.5) is 13.2 Å². The Labute approximate surface area is 879 Å². The van der Waals surface area contributed by atoms with Gasteiger partial charge in [-0.1, -0.05) is 139 Å². The number of H-pyrrole nitrogens is 5. The molecule has 2 fully saturated rings. The number of nitrogens with one attached hydrogen (secondary N) is 5. The predicted octanol–water partition coefficient (Wildman–Crippen LogP) is 23.5. The average Bonchev–Trinajstić information content (AvgIpc) is 1.76. The van der Waals surface area contributed by atoms with Crippen molar-refractivity contribution in [2.75, 3.05) is 53.1 Å². The zero-order chi connectivity index (χ0) is 107. The number of alkyl halides is 3. The van der Waals surface area contributed by atoms with Gasteiger partial charge in [0, 0.05) is 136 Å². The van der Waals surface area contributed by atoms with Crippen LogP contribution in [-0.4, -0.2) is 193 Å². The van der Waals surface area contributed by atoms with Gasteiger partial charge < -0.3 is 54.8 Å². The third kappa shape index (κ3) is 34.7. The topological polar surface area (TPSA) is 386 Å². The van der Waals surface area contributed by atoms with Crippen molar-refractivity contribution in [3.63, 3.8) is 0 Å². The number of aliphatic hydroxyl groups excluding tert-OH is 2. The van der Waals surface area contributed by atoms with Gasteiger partial charge in [-0.2, -0.15) is 13.2 Å². The van der Waals surface area contributed by atoms with Crippen LogP contribution in [0.2, 0.25) is 0 Å². The summed E-state index contributed by atoms with van der Waals surface area (Å²) in [6.07, 6.45) is 37.7. The summed E-state index contributed by atoms with van der Waals surface area (Å²) in [5.41, 5.74) is 27.1. The summed E-state index contributed by atoms with van der Waals surface area (Å²) in [6.45, 7) is 35.0. The van der Waals surface area contributed by atoms with Crippen LogP contribution in [0.15, 0.2) is 158 Å². The molecule has 5 aromatic heterocycles. The van der Waals surface area contributed by atoms with Gasteiger partial charge in [-0.25, -0.2) is 34.5 Å². The number of allylic oxidation sites excluding steroid dienone is 10. The minimum Gasteiger partial charge on any atom is -0.479 e. The zero-order valence-electron chi connectivity index (χ0n) is 88.7. The lowest BCUT2D eigenvalue weighted by Gasteiger charge is -2.37. The van der Waals surface area contributed by atoms with E-state index in [1.807, 2.05) is 65.0 Å². The fraction of sp³-hybridized carbons (Fsp3) is 0.454. The number of likely N-dealkylation sites (tertiary alicyclic amines) is 1. The number of aromatic amines is 5. The van der Waals surface area contributed by atoms with Gasteiger partial charge in [0.25, 0.3) is 0 Å². The fourth-order valence-electron chi connectivity index (χ4n) is 19.7. The highest BCUT2D eigenvalue weighted by atomic mass is 35.5. The summed E-state index contributed by atoms with van der Waals surface area (Å²) in [4.78, 5) is 135. The molecular formula is C119H148ClF3N12O14. The van der Waals surface area contributed by atoms with Crippen LogP contribution < -0.4 is 0 Å². The minimum absolute atomic E-state index is 0. The number of ether oxygens (including phenoxy) is 2.